The van der Waals surface area contributed by atoms with Gasteiger partial charge in [-0.1, -0.05) is 12.1 Å². The number of oxazole rings is 1. The maximum absolute atomic E-state index is 11.4. The molecule has 5 heteroatoms. The van der Waals surface area contributed by atoms with Crippen LogP contribution < -0.4 is 5.73 Å². The van der Waals surface area contributed by atoms with Gasteiger partial charge in [-0.15, -0.1) is 0 Å². The molecule has 1 heterocycles. The maximum atomic E-state index is 11.4. The van der Waals surface area contributed by atoms with Gasteiger partial charge >= 0.3 is 5.97 Å². The van der Waals surface area contributed by atoms with Gasteiger partial charge in [0.1, 0.15) is 11.6 Å². The van der Waals surface area contributed by atoms with Crippen molar-refractivity contribution in [2.45, 2.75) is 13.0 Å². The summed E-state index contributed by atoms with van der Waals surface area (Å²) in [6, 6.07) is 4.46. The van der Waals surface area contributed by atoms with Crippen molar-refractivity contribution in [2.24, 2.45) is 5.73 Å². The van der Waals surface area contributed by atoms with Gasteiger partial charge in [-0.3, -0.25) is 4.79 Å². The molecule has 0 aliphatic carbocycles. The zero-order chi connectivity index (χ0) is 11.7. The van der Waals surface area contributed by atoms with Crippen LogP contribution in [0.2, 0.25) is 0 Å². The first-order chi connectivity index (χ1) is 7.63. The number of esters is 1. The Labute approximate surface area is 92.2 Å². The average molecular weight is 220 g/mol. The van der Waals surface area contributed by atoms with Crippen LogP contribution in [0.4, 0.5) is 0 Å². The van der Waals surface area contributed by atoms with Crippen molar-refractivity contribution in [1.82, 2.24) is 4.98 Å². The van der Waals surface area contributed by atoms with Gasteiger partial charge in [0, 0.05) is 12.5 Å². The number of hydrogen-bond acceptors (Lipinski definition) is 5. The third kappa shape index (κ3) is 1.65. The Morgan fingerprint density at radius 2 is 2.31 bits per heavy atom. The van der Waals surface area contributed by atoms with Crippen LogP contribution in [-0.4, -0.2) is 18.1 Å². The van der Waals surface area contributed by atoms with E-state index in [1.54, 1.807) is 25.1 Å². The summed E-state index contributed by atoms with van der Waals surface area (Å²) in [5.41, 5.74) is 7.61. The second kappa shape index (κ2) is 3.94. The van der Waals surface area contributed by atoms with Crippen LogP contribution in [0.25, 0.3) is 11.1 Å². The number of benzene rings is 1. The summed E-state index contributed by atoms with van der Waals surface area (Å²) < 4.78 is 9.95. The molecule has 0 saturated carbocycles. The topological polar surface area (TPSA) is 78.4 Å². The minimum Gasteiger partial charge on any atom is -0.468 e. The number of para-hydroxylation sites is 1. The van der Waals surface area contributed by atoms with E-state index in [1.165, 1.54) is 7.11 Å². The fourth-order valence-electron chi connectivity index (χ4n) is 1.59. The molecule has 0 fully saturated rings. The molecule has 0 aliphatic rings. The van der Waals surface area contributed by atoms with Crippen LogP contribution in [0.5, 0.6) is 0 Å². The number of fused-ring (bicyclic) bond motifs is 1. The Bertz CT molecular complexity index is 533. The molecule has 1 unspecified atom stereocenters. The van der Waals surface area contributed by atoms with Crippen molar-refractivity contribution in [1.29, 1.82) is 0 Å². The highest BCUT2D eigenvalue weighted by Crippen LogP contribution is 2.23. The van der Waals surface area contributed by atoms with E-state index in [-0.39, 0.29) is 0 Å². The molecule has 16 heavy (non-hydrogen) atoms. The molecule has 5 nitrogen and oxygen atoms in total. The molecular weight excluding hydrogens is 208 g/mol. The van der Waals surface area contributed by atoms with Gasteiger partial charge in [0.05, 0.1) is 7.11 Å². The first-order valence-corrected chi connectivity index (χ1v) is 4.83. The number of nitrogens with zero attached hydrogens (tertiary/aromatic N) is 1. The third-order valence-electron chi connectivity index (χ3n) is 2.35. The molecule has 1 atom stereocenters. The maximum Gasteiger partial charge on any atom is 0.327 e. The van der Waals surface area contributed by atoms with Gasteiger partial charge in [-0.05, 0) is 6.07 Å². The molecule has 0 amide bonds. The minimum atomic E-state index is -0.835. The summed E-state index contributed by atoms with van der Waals surface area (Å²) in [5, 5.41) is 0. The predicted octanol–water partition coefficient (Wildman–Crippen LogP) is 1.31. The molecule has 0 saturated heterocycles. The summed E-state index contributed by atoms with van der Waals surface area (Å²) in [6.45, 7) is 1.74. The highest BCUT2D eigenvalue weighted by molar-refractivity contribution is 5.85. The third-order valence-corrected chi connectivity index (χ3v) is 2.35. The van der Waals surface area contributed by atoms with E-state index in [4.69, 9.17) is 10.2 Å². The predicted molar refractivity (Wildman–Crippen MR) is 57.7 cm³/mol. The van der Waals surface area contributed by atoms with Crippen LogP contribution in [-0.2, 0) is 9.53 Å². The Balaban J connectivity index is 2.55. The highest BCUT2D eigenvalue weighted by atomic mass is 16.5. The van der Waals surface area contributed by atoms with Crippen LogP contribution in [0.15, 0.2) is 22.6 Å². The summed E-state index contributed by atoms with van der Waals surface area (Å²) >= 11 is 0. The Hall–Kier alpha value is -1.88. The van der Waals surface area contributed by atoms with Crippen molar-refractivity contribution in [3.8, 4) is 0 Å². The number of ether oxygens (including phenoxy) is 1. The largest absolute Gasteiger partial charge is 0.468 e. The van der Waals surface area contributed by atoms with E-state index in [1.807, 2.05) is 0 Å². The SMILES string of the molecule is COC(=O)C(N)c1cccc2oc(C)nc12. The normalized spacial score (nSPS) is 12.7. The second-order valence-electron chi connectivity index (χ2n) is 3.43. The van der Waals surface area contributed by atoms with Crippen molar-refractivity contribution >= 4 is 17.1 Å². The summed E-state index contributed by atoms with van der Waals surface area (Å²) in [6.07, 6.45) is 0. The zero-order valence-electron chi connectivity index (χ0n) is 9.06. The first kappa shape index (κ1) is 10.6. The molecule has 1 aromatic heterocycles. The fourth-order valence-corrected chi connectivity index (χ4v) is 1.59. The van der Waals surface area contributed by atoms with Crippen LogP contribution >= 0.6 is 0 Å². The Morgan fingerprint density at radius 3 is 3.00 bits per heavy atom. The van der Waals surface area contributed by atoms with Gasteiger partial charge in [0.15, 0.2) is 11.5 Å². The van der Waals surface area contributed by atoms with Crippen molar-refractivity contribution in [3.05, 3.63) is 29.7 Å². The molecule has 0 spiro atoms. The standard InChI is InChI=1S/C11H12N2O3/c1-6-13-10-7(9(12)11(14)15-2)4-3-5-8(10)16-6/h3-5,9H,12H2,1-2H3. The van der Waals surface area contributed by atoms with Crippen LogP contribution in [0.1, 0.15) is 17.5 Å². The van der Waals surface area contributed by atoms with Crippen molar-refractivity contribution in [2.75, 3.05) is 7.11 Å². The van der Waals surface area contributed by atoms with Gasteiger partial charge < -0.3 is 14.9 Å². The summed E-state index contributed by atoms with van der Waals surface area (Å²) in [5.74, 6) is 0.0488. The van der Waals surface area contributed by atoms with Gasteiger partial charge in [-0.25, -0.2) is 4.98 Å². The summed E-state index contributed by atoms with van der Waals surface area (Å²) in [4.78, 5) is 15.6. The molecular formula is C11H12N2O3. The number of hydrogen-bond donors (Lipinski definition) is 1. The lowest BCUT2D eigenvalue weighted by Crippen LogP contribution is -2.22. The lowest BCUT2D eigenvalue weighted by molar-refractivity contribution is -0.142. The molecule has 2 N–H and O–H groups in total. The molecule has 2 aromatic rings. The van der Waals surface area contributed by atoms with E-state index in [0.29, 0.717) is 22.6 Å². The number of aryl methyl sites for hydroxylation is 1. The van der Waals surface area contributed by atoms with Crippen LogP contribution in [0.3, 0.4) is 0 Å². The number of carbonyl (C=O) groups excluding carboxylic acids is 1. The molecule has 0 aliphatic heterocycles. The van der Waals surface area contributed by atoms with E-state index in [9.17, 15) is 4.79 Å². The van der Waals surface area contributed by atoms with Gasteiger partial charge in [0.2, 0.25) is 0 Å². The van der Waals surface area contributed by atoms with Gasteiger partial charge in [0.25, 0.3) is 0 Å². The second-order valence-corrected chi connectivity index (χ2v) is 3.43. The summed E-state index contributed by atoms with van der Waals surface area (Å²) in [7, 11) is 1.30. The van der Waals surface area contributed by atoms with Crippen LogP contribution in [0, 0.1) is 6.92 Å². The average Bonchev–Trinajstić information content (AvgIpc) is 2.66. The lowest BCUT2D eigenvalue weighted by atomic mass is 10.1. The van der Waals surface area contributed by atoms with E-state index >= 15 is 0 Å². The molecule has 1 aromatic carbocycles. The Kier molecular flexibility index (Phi) is 2.62. The number of methoxy groups -OCH3 is 1. The van der Waals surface area contributed by atoms with Crippen molar-refractivity contribution < 1.29 is 13.9 Å². The van der Waals surface area contributed by atoms with Gasteiger partial charge in [-0.2, -0.15) is 0 Å². The first-order valence-electron chi connectivity index (χ1n) is 4.83. The number of rotatable bonds is 2. The smallest absolute Gasteiger partial charge is 0.327 e. The Morgan fingerprint density at radius 1 is 1.56 bits per heavy atom. The fraction of sp³-hybridized carbons (Fsp3) is 0.273. The monoisotopic (exact) mass is 220 g/mol. The number of aromatic nitrogens is 1. The number of nitrogens with two attached hydrogens (primary N) is 1. The molecule has 0 radical (unpaired) electrons. The highest BCUT2D eigenvalue weighted by Gasteiger charge is 2.20. The molecule has 0 bridgehead atoms. The van der Waals surface area contributed by atoms with Crippen molar-refractivity contribution in [3.63, 3.8) is 0 Å². The minimum absolute atomic E-state index is 0.492. The zero-order valence-corrected chi connectivity index (χ0v) is 9.06. The van der Waals surface area contributed by atoms with E-state index in [0.717, 1.165) is 0 Å². The molecule has 84 valence electrons. The number of carbonyl (C=O) groups is 1. The molecule has 2 rings (SSSR count). The lowest BCUT2D eigenvalue weighted by Gasteiger charge is -2.09. The van der Waals surface area contributed by atoms with E-state index < -0.39 is 12.0 Å². The van der Waals surface area contributed by atoms with E-state index in [2.05, 4.69) is 9.72 Å². The quantitative estimate of drug-likeness (QED) is 0.772.